The van der Waals surface area contributed by atoms with Gasteiger partial charge in [0.05, 0.1) is 30.8 Å². The maximum absolute atomic E-state index is 12.7. The van der Waals surface area contributed by atoms with Crippen LogP contribution in [0.25, 0.3) is 17.4 Å². The fraction of sp³-hybridized carbons (Fsp3) is 0.304. The third-order valence-corrected chi connectivity index (χ3v) is 6.25. The highest BCUT2D eigenvalue weighted by molar-refractivity contribution is 8.18. The van der Waals surface area contributed by atoms with Crippen molar-refractivity contribution >= 4 is 40.9 Å². The van der Waals surface area contributed by atoms with E-state index in [1.54, 1.807) is 35.2 Å². The largest absolute Gasteiger partial charge is 0.465 e. The van der Waals surface area contributed by atoms with E-state index in [0.29, 0.717) is 43.4 Å². The first-order chi connectivity index (χ1) is 15.9. The molecule has 1 aromatic carbocycles. The number of carbonyl (C=O) groups excluding carboxylic acids is 4. The Kier molecular flexibility index (Phi) is 6.66. The Balaban J connectivity index is 1.48. The van der Waals surface area contributed by atoms with Gasteiger partial charge >= 0.3 is 5.97 Å². The molecule has 0 saturated carbocycles. The molecule has 1 aromatic heterocycles. The van der Waals surface area contributed by atoms with Gasteiger partial charge < -0.3 is 18.8 Å². The minimum absolute atomic E-state index is 0.188. The summed E-state index contributed by atoms with van der Waals surface area (Å²) < 4.78 is 15.8. The van der Waals surface area contributed by atoms with E-state index < -0.39 is 17.1 Å². The first-order valence-electron chi connectivity index (χ1n) is 10.3. The third-order valence-electron chi connectivity index (χ3n) is 5.34. The van der Waals surface area contributed by atoms with Gasteiger partial charge in [-0.1, -0.05) is 6.07 Å². The molecule has 10 heteroatoms. The van der Waals surface area contributed by atoms with Crippen LogP contribution >= 0.6 is 11.8 Å². The summed E-state index contributed by atoms with van der Waals surface area (Å²) in [6.07, 6.45) is 1.49. The smallest absolute Gasteiger partial charge is 0.337 e. The zero-order valence-corrected chi connectivity index (χ0v) is 19.0. The standard InChI is InChI=1S/C23H22N2O7S/c1-14-11-15(22(28)30-2)3-5-17(14)18-6-4-16(32-18)12-19-21(27)25(23(29)33-19)13-20(26)24-7-9-31-10-8-24/h3-6,11-12H,7-10,13H2,1-2H3/b19-12+. The molecule has 33 heavy (non-hydrogen) atoms. The number of carbonyl (C=O) groups is 4. The van der Waals surface area contributed by atoms with E-state index >= 15 is 0 Å². The lowest BCUT2D eigenvalue weighted by atomic mass is 10.0. The zero-order chi connectivity index (χ0) is 23.5. The summed E-state index contributed by atoms with van der Waals surface area (Å²) in [6.45, 7) is 3.33. The van der Waals surface area contributed by atoms with Crippen LogP contribution in [0.15, 0.2) is 39.7 Å². The fourth-order valence-corrected chi connectivity index (χ4v) is 4.39. The quantitative estimate of drug-likeness (QED) is 0.485. The number of hydrogen-bond donors (Lipinski definition) is 0. The fourth-order valence-electron chi connectivity index (χ4n) is 3.57. The van der Waals surface area contributed by atoms with Crippen LogP contribution in [0.4, 0.5) is 4.79 Å². The Labute approximate surface area is 194 Å². The second kappa shape index (κ2) is 9.63. The van der Waals surface area contributed by atoms with Gasteiger partial charge in [-0.25, -0.2) is 4.79 Å². The number of furan rings is 1. The SMILES string of the molecule is COC(=O)c1ccc(-c2ccc(/C=C3/SC(=O)N(CC(=O)N4CCOCC4)C3=O)o2)c(C)c1. The number of morpholine rings is 1. The van der Waals surface area contributed by atoms with Crippen molar-refractivity contribution in [1.82, 2.24) is 9.80 Å². The molecule has 0 unspecified atom stereocenters. The number of thioether (sulfide) groups is 1. The van der Waals surface area contributed by atoms with Gasteiger partial charge in [-0.15, -0.1) is 0 Å². The second-order valence-electron chi connectivity index (χ2n) is 7.48. The molecule has 3 heterocycles. The summed E-state index contributed by atoms with van der Waals surface area (Å²) in [7, 11) is 1.32. The van der Waals surface area contributed by atoms with E-state index in [0.717, 1.165) is 27.8 Å². The van der Waals surface area contributed by atoms with E-state index in [1.165, 1.54) is 13.2 Å². The van der Waals surface area contributed by atoms with Crippen molar-refractivity contribution in [2.45, 2.75) is 6.92 Å². The summed E-state index contributed by atoms with van der Waals surface area (Å²) in [5.74, 6) is -0.285. The minimum Gasteiger partial charge on any atom is -0.465 e. The Hall–Kier alpha value is -3.37. The van der Waals surface area contributed by atoms with E-state index in [9.17, 15) is 19.2 Å². The van der Waals surface area contributed by atoms with Crippen molar-refractivity contribution < 1.29 is 33.1 Å². The Morgan fingerprint density at radius 1 is 1.15 bits per heavy atom. The van der Waals surface area contributed by atoms with Gasteiger partial charge in [0.15, 0.2) is 0 Å². The monoisotopic (exact) mass is 470 g/mol. The normalized spacial score (nSPS) is 17.7. The lowest BCUT2D eigenvalue weighted by Gasteiger charge is -2.27. The topological polar surface area (TPSA) is 106 Å². The lowest BCUT2D eigenvalue weighted by molar-refractivity contribution is -0.139. The van der Waals surface area contributed by atoms with Crippen LogP contribution in [-0.4, -0.2) is 72.8 Å². The summed E-state index contributed by atoms with van der Waals surface area (Å²) >= 11 is 0.773. The maximum atomic E-state index is 12.7. The van der Waals surface area contributed by atoms with E-state index in [2.05, 4.69) is 0 Å². The lowest BCUT2D eigenvalue weighted by Crippen LogP contribution is -2.46. The average Bonchev–Trinajstić information content (AvgIpc) is 3.39. The van der Waals surface area contributed by atoms with Gasteiger partial charge in [0, 0.05) is 24.7 Å². The molecule has 2 aromatic rings. The molecule has 2 aliphatic heterocycles. The number of benzene rings is 1. The first-order valence-corrected chi connectivity index (χ1v) is 11.1. The molecule has 0 aliphatic carbocycles. The summed E-state index contributed by atoms with van der Waals surface area (Å²) in [5.41, 5.74) is 2.04. The number of amides is 3. The Morgan fingerprint density at radius 3 is 2.61 bits per heavy atom. The van der Waals surface area contributed by atoms with Crippen molar-refractivity contribution in [2.75, 3.05) is 40.0 Å². The summed E-state index contributed by atoms with van der Waals surface area (Å²) in [6, 6.07) is 8.55. The minimum atomic E-state index is -0.525. The second-order valence-corrected chi connectivity index (χ2v) is 8.48. The summed E-state index contributed by atoms with van der Waals surface area (Å²) in [5, 5.41) is -0.492. The molecule has 0 spiro atoms. The molecule has 2 fully saturated rings. The molecule has 3 amide bonds. The van der Waals surface area contributed by atoms with Crippen LogP contribution in [0.3, 0.4) is 0 Å². The highest BCUT2D eigenvalue weighted by Gasteiger charge is 2.37. The van der Waals surface area contributed by atoms with Crippen LogP contribution in [0.5, 0.6) is 0 Å². The Bertz CT molecular complexity index is 1150. The molecule has 2 saturated heterocycles. The number of hydrogen-bond acceptors (Lipinski definition) is 8. The molecule has 172 valence electrons. The average molecular weight is 471 g/mol. The highest BCUT2D eigenvalue weighted by atomic mass is 32.2. The number of nitrogens with zero attached hydrogens (tertiary/aromatic N) is 2. The van der Waals surface area contributed by atoms with Crippen molar-refractivity contribution in [3.8, 4) is 11.3 Å². The van der Waals surface area contributed by atoms with Crippen LogP contribution < -0.4 is 0 Å². The Morgan fingerprint density at radius 2 is 1.91 bits per heavy atom. The van der Waals surface area contributed by atoms with Crippen molar-refractivity contribution in [2.24, 2.45) is 0 Å². The number of ether oxygens (including phenoxy) is 2. The first kappa shape index (κ1) is 22.8. The molecule has 0 N–H and O–H groups in total. The van der Waals surface area contributed by atoms with E-state index in [4.69, 9.17) is 13.9 Å². The van der Waals surface area contributed by atoms with Gasteiger partial charge in [0.2, 0.25) is 5.91 Å². The number of methoxy groups -OCH3 is 1. The number of imide groups is 1. The zero-order valence-electron chi connectivity index (χ0n) is 18.2. The van der Waals surface area contributed by atoms with Crippen molar-refractivity contribution in [3.63, 3.8) is 0 Å². The number of esters is 1. The number of rotatable bonds is 5. The van der Waals surface area contributed by atoms with Gasteiger partial charge in [-0.3, -0.25) is 19.3 Å². The molecular formula is C23H22N2O7S. The van der Waals surface area contributed by atoms with Gasteiger partial charge in [0.1, 0.15) is 18.1 Å². The van der Waals surface area contributed by atoms with Crippen LogP contribution in [0.1, 0.15) is 21.7 Å². The molecule has 2 aliphatic rings. The maximum Gasteiger partial charge on any atom is 0.337 e. The van der Waals surface area contributed by atoms with E-state index in [-0.39, 0.29) is 17.4 Å². The van der Waals surface area contributed by atoms with Crippen LogP contribution in [0.2, 0.25) is 0 Å². The van der Waals surface area contributed by atoms with Gasteiger partial charge in [0.25, 0.3) is 11.1 Å². The summed E-state index contributed by atoms with van der Waals surface area (Å²) in [4.78, 5) is 52.0. The molecule has 4 rings (SSSR count). The van der Waals surface area contributed by atoms with Crippen molar-refractivity contribution in [3.05, 3.63) is 52.1 Å². The van der Waals surface area contributed by atoms with Gasteiger partial charge in [-0.2, -0.15) is 0 Å². The van der Waals surface area contributed by atoms with E-state index in [1.807, 2.05) is 6.92 Å². The predicted octanol–water partition coefficient (Wildman–Crippen LogP) is 2.94. The molecular weight excluding hydrogens is 448 g/mol. The molecule has 0 bridgehead atoms. The molecule has 9 nitrogen and oxygen atoms in total. The highest BCUT2D eigenvalue weighted by Crippen LogP contribution is 2.34. The molecule has 0 atom stereocenters. The number of aryl methyl sites for hydroxylation is 1. The van der Waals surface area contributed by atoms with Crippen molar-refractivity contribution in [1.29, 1.82) is 0 Å². The third kappa shape index (κ3) is 4.86. The molecule has 0 radical (unpaired) electrons. The van der Waals surface area contributed by atoms with Crippen LogP contribution in [0, 0.1) is 6.92 Å². The van der Waals surface area contributed by atoms with Crippen LogP contribution in [-0.2, 0) is 19.1 Å². The predicted molar refractivity (Wildman–Crippen MR) is 120 cm³/mol. The van der Waals surface area contributed by atoms with Gasteiger partial charge in [-0.05, 0) is 48.5 Å².